The molecule has 3 nitrogen and oxygen atoms in total. The molecule has 0 aromatic rings. The minimum Gasteiger partial charge on any atom is -0.413 e. The average Bonchev–Trinajstić information content (AvgIpc) is 2.36. The van der Waals surface area contributed by atoms with Crippen LogP contribution in [0, 0.1) is 11.8 Å². The molecule has 1 saturated heterocycles. The van der Waals surface area contributed by atoms with E-state index in [2.05, 4.69) is 54.3 Å². The maximum absolute atomic E-state index is 6.72. The maximum atomic E-state index is 6.72. The van der Waals surface area contributed by atoms with Crippen LogP contribution >= 0.6 is 0 Å². The van der Waals surface area contributed by atoms with Crippen LogP contribution in [0.25, 0.3) is 0 Å². The Balaban J connectivity index is 2.97. The zero-order valence-corrected chi connectivity index (χ0v) is 16.1. The molecule has 1 aliphatic heterocycles. The zero-order valence-electron chi connectivity index (χ0n) is 15.1. The molecule has 0 bridgehead atoms. The van der Waals surface area contributed by atoms with E-state index in [9.17, 15) is 0 Å². The Bertz CT molecular complexity index is 348. The van der Waals surface area contributed by atoms with E-state index in [-0.39, 0.29) is 29.5 Å². The summed E-state index contributed by atoms with van der Waals surface area (Å²) in [7, 11) is -0.0940. The van der Waals surface area contributed by atoms with E-state index >= 15 is 0 Å². The maximum Gasteiger partial charge on any atom is 0.192 e. The normalized spacial score (nSPS) is 34.8. The molecular formula is C17H34O3Si. The Morgan fingerprint density at radius 3 is 2.19 bits per heavy atom. The van der Waals surface area contributed by atoms with Crippen LogP contribution in [0.5, 0.6) is 0 Å². The predicted octanol–water partition coefficient (Wildman–Crippen LogP) is 4.60. The van der Waals surface area contributed by atoms with E-state index in [1.165, 1.54) is 0 Å². The van der Waals surface area contributed by atoms with Crippen LogP contribution in [0.15, 0.2) is 12.7 Å². The molecule has 0 spiro atoms. The van der Waals surface area contributed by atoms with Crippen LogP contribution in [0.3, 0.4) is 0 Å². The van der Waals surface area contributed by atoms with Crippen molar-refractivity contribution in [3.8, 4) is 0 Å². The van der Waals surface area contributed by atoms with Gasteiger partial charge in [0.25, 0.3) is 0 Å². The average molecular weight is 315 g/mol. The summed E-state index contributed by atoms with van der Waals surface area (Å²) in [5.74, 6) is 0.582. The predicted molar refractivity (Wildman–Crippen MR) is 90.9 cm³/mol. The Labute approximate surface area is 132 Å². The zero-order chi connectivity index (χ0) is 16.4. The van der Waals surface area contributed by atoms with Gasteiger partial charge in [-0.1, -0.05) is 40.7 Å². The first-order valence-corrected chi connectivity index (χ1v) is 10.9. The van der Waals surface area contributed by atoms with Crippen LogP contribution in [0.4, 0.5) is 0 Å². The molecule has 1 aliphatic rings. The summed E-state index contributed by atoms with van der Waals surface area (Å²) < 4.78 is 18.3. The van der Waals surface area contributed by atoms with Crippen LogP contribution in [0.1, 0.15) is 41.0 Å². The highest BCUT2D eigenvalue weighted by molar-refractivity contribution is 6.74. The summed E-state index contributed by atoms with van der Waals surface area (Å²) >= 11 is 0. The lowest BCUT2D eigenvalue weighted by molar-refractivity contribution is -0.248. The molecule has 4 heteroatoms. The summed E-state index contributed by atoms with van der Waals surface area (Å²) in [5, 5.41) is 0.210. The van der Waals surface area contributed by atoms with Gasteiger partial charge in [0.2, 0.25) is 0 Å². The van der Waals surface area contributed by atoms with Crippen LogP contribution in [-0.2, 0) is 13.9 Å². The molecule has 1 heterocycles. The SMILES string of the molecule is C=CC[C@@H]1O[C@H](OC)[C@H](C)[C@@H](O[Si](C)(C)C(C)(C)C)[C@H]1C. The van der Waals surface area contributed by atoms with Crippen molar-refractivity contribution in [2.75, 3.05) is 7.11 Å². The van der Waals surface area contributed by atoms with Gasteiger partial charge in [-0.3, -0.25) is 0 Å². The summed E-state index contributed by atoms with van der Waals surface area (Å²) in [6.07, 6.45) is 2.87. The van der Waals surface area contributed by atoms with Crippen molar-refractivity contribution in [2.45, 2.75) is 77.7 Å². The first kappa shape index (κ1) is 18.9. The van der Waals surface area contributed by atoms with Crippen molar-refractivity contribution >= 4 is 8.32 Å². The number of hydrogen-bond donors (Lipinski definition) is 0. The summed E-state index contributed by atoms with van der Waals surface area (Å²) in [6.45, 7) is 19.7. The quantitative estimate of drug-likeness (QED) is 0.548. The van der Waals surface area contributed by atoms with Crippen LogP contribution in [-0.4, -0.2) is 33.9 Å². The molecule has 0 amide bonds. The molecule has 0 aromatic carbocycles. The summed E-state index contributed by atoms with van der Waals surface area (Å²) in [6, 6.07) is 0. The van der Waals surface area contributed by atoms with Crippen molar-refractivity contribution in [1.29, 1.82) is 0 Å². The van der Waals surface area contributed by atoms with Crippen molar-refractivity contribution in [2.24, 2.45) is 11.8 Å². The molecule has 0 saturated carbocycles. The van der Waals surface area contributed by atoms with Crippen molar-refractivity contribution < 1.29 is 13.9 Å². The Morgan fingerprint density at radius 2 is 1.76 bits per heavy atom. The Morgan fingerprint density at radius 1 is 1.19 bits per heavy atom. The highest BCUT2D eigenvalue weighted by Crippen LogP contribution is 2.42. The van der Waals surface area contributed by atoms with E-state index in [1.807, 2.05) is 6.08 Å². The Hall–Kier alpha value is -0.163. The van der Waals surface area contributed by atoms with Gasteiger partial charge in [0, 0.05) is 18.9 Å². The van der Waals surface area contributed by atoms with Crippen molar-refractivity contribution in [3.05, 3.63) is 12.7 Å². The lowest BCUT2D eigenvalue weighted by Crippen LogP contribution is -2.55. The molecule has 0 aromatic heterocycles. The first-order chi connectivity index (χ1) is 9.55. The molecule has 0 aliphatic carbocycles. The van der Waals surface area contributed by atoms with Gasteiger partial charge in [0.1, 0.15) is 0 Å². The molecule has 0 radical (unpaired) electrons. The highest BCUT2D eigenvalue weighted by atomic mass is 28.4. The molecule has 1 rings (SSSR count). The van der Waals surface area contributed by atoms with Gasteiger partial charge < -0.3 is 13.9 Å². The summed E-state index contributed by atoms with van der Waals surface area (Å²) in [4.78, 5) is 0. The number of hydrogen-bond acceptors (Lipinski definition) is 3. The van der Waals surface area contributed by atoms with E-state index in [0.29, 0.717) is 5.92 Å². The van der Waals surface area contributed by atoms with Crippen molar-refractivity contribution in [3.63, 3.8) is 0 Å². The van der Waals surface area contributed by atoms with Crippen LogP contribution < -0.4 is 0 Å². The third-order valence-corrected chi connectivity index (χ3v) is 9.70. The van der Waals surface area contributed by atoms with Gasteiger partial charge in [-0.05, 0) is 24.6 Å². The Kier molecular flexibility index (Phi) is 6.24. The fourth-order valence-electron chi connectivity index (χ4n) is 2.70. The molecule has 0 unspecified atom stereocenters. The second-order valence-corrected chi connectivity index (χ2v) is 12.6. The third kappa shape index (κ3) is 4.18. The van der Waals surface area contributed by atoms with E-state index in [4.69, 9.17) is 13.9 Å². The number of rotatable bonds is 5. The van der Waals surface area contributed by atoms with E-state index in [1.54, 1.807) is 7.11 Å². The van der Waals surface area contributed by atoms with E-state index < -0.39 is 8.32 Å². The molecule has 5 atom stereocenters. The molecule has 124 valence electrons. The molecule has 1 fully saturated rings. The monoisotopic (exact) mass is 314 g/mol. The fraction of sp³-hybridized carbons (Fsp3) is 0.882. The topological polar surface area (TPSA) is 27.7 Å². The van der Waals surface area contributed by atoms with Crippen LogP contribution in [0.2, 0.25) is 18.1 Å². The largest absolute Gasteiger partial charge is 0.413 e. The first-order valence-electron chi connectivity index (χ1n) is 8.02. The van der Waals surface area contributed by atoms with Gasteiger partial charge in [0.05, 0.1) is 12.2 Å². The van der Waals surface area contributed by atoms with Gasteiger partial charge >= 0.3 is 0 Å². The molecule has 0 N–H and O–H groups in total. The van der Waals surface area contributed by atoms with Gasteiger partial charge in [-0.15, -0.1) is 6.58 Å². The smallest absolute Gasteiger partial charge is 0.192 e. The standard InChI is InChI=1S/C17H34O3Si/c1-10-11-14-12(2)15(13(3)16(18-7)19-14)20-21(8,9)17(4,5)6/h10,12-16H,1,11H2,2-9H3/t12-,13+,14-,15-,16-/m0/s1. The molecule has 21 heavy (non-hydrogen) atoms. The number of methoxy groups -OCH3 is 1. The van der Waals surface area contributed by atoms with Gasteiger partial charge in [-0.2, -0.15) is 0 Å². The summed E-state index contributed by atoms with van der Waals surface area (Å²) in [5.41, 5.74) is 0. The van der Waals surface area contributed by atoms with E-state index in [0.717, 1.165) is 6.42 Å². The highest BCUT2D eigenvalue weighted by Gasteiger charge is 2.47. The number of ether oxygens (including phenoxy) is 2. The lowest BCUT2D eigenvalue weighted by atomic mass is 9.84. The lowest BCUT2D eigenvalue weighted by Gasteiger charge is -2.49. The van der Waals surface area contributed by atoms with Gasteiger partial charge in [-0.25, -0.2) is 0 Å². The van der Waals surface area contributed by atoms with Gasteiger partial charge in [0.15, 0.2) is 14.6 Å². The minimum atomic E-state index is -1.81. The second kappa shape index (κ2) is 6.94. The second-order valence-electron chi connectivity index (χ2n) is 7.86. The fourth-order valence-corrected chi connectivity index (χ4v) is 4.16. The van der Waals surface area contributed by atoms with Crippen molar-refractivity contribution in [1.82, 2.24) is 0 Å². The third-order valence-electron chi connectivity index (χ3n) is 5.23. The minimum absolute atomic E-state index is 0.124. The molecular weight excluding hydrogens is 280 g/mol.